The fourth-order valence-electron chi connectivity index (χ4n) is 1.27. The maximum absolute atomic E-state index is 5.83. The fourth-order valence-corrected chi connectivity index (χ4v) is 1.86. The first-order chi connectivity index (χ1) is 8.06. The van der Waals surface area contributed by atoms with Gasteiger partial charge in [-0.15, -0.1) is 0 Å². The van der Waals surface area contributed by atoms with Crippen LogP contribution in [0.5, 0.6) is 0 Å². The van der Waals surface area contributed by atoms with Crippen LogP contribution in [0.2, 0.25) is 5.15 Å². The third-order valence-electron chi connectivity index (χ3n) is 2.01. The molecule has 0 radical (unpaired) electrons. The highest BCUT2D eigenvalue weighted by Crippen LogP contribution is 2.27. The summed E-state index contributed by atoms with van der Waals surface area (Å²) in [7, 11) is 3.80. The number of nitrogens with zero attached hydrogens (tertiary/aromatic N) is 4. The van der Waals surface area contributed by atoms with E-state index in [-0.39, 0.29) is 0 Å². The molecule has 0 saturated carbocycles. The first-order valence-electron chi connectivity index (χ1n) is 4.88. The second kappa shape index (κ2) is 4.98. The summed E-state index contributed by atoms with van der Waals surface area (Å²) < 4.78 is 0.826. The van der Waals surface area contributed by atoms with E-state index in [4.69, 9.17) is 11.6 Å². The Kier molecular flexibility index (Phi) is 3.59. The van der Waals surface area contributed by atoms with Gasteiger partial charge in [-0.1, -0.05) is 11.6 Å². The molecule has 0 fully saturated rings. The third kappa shape index (κ3) is 2.92. The van der Waals surface area contributed by atoms with Gasteiger partial charge in [0.15, 0.2) is 5.82 Å². The Bertz CT molecular complexity index is 583. The van der Waals surface area contributed by atoms with Crippen LogP contribution in [-0.4, -0.2) is 35.3 Å². The smallest absolute Gasteiger partial charge is 0.168 e. The molecule has 0 amide bonds. The van der Waals surface area contributed by atoms with Crippen LogP contribution in [0.25, 0.3) is 10.9 Å². The molecule has 2 aromatic rings. The van der Waals surface area contributed by atoms with Crippen molar-refractivity contribution in [2.75, 3.05) is 14.1 Å². The molecule has 0 saturated heterocycles. The van der Waals surface area contributed by atoms with Crippen molar-refractivity contribution in [1.29, 1.82) is 0 Å². The lowest BCUT2D eigenvalue weighted by Crippen LogP contribution is -2.07. The summed E-state index contributed by atoms with van der Waals surface area (Å²) in [5.74, 6) is 0.619. The van der Waals surface area contributed by atoms with Gasteiger partial charge in [-0.25, -0.2) is 15.0 Å². The Morgan fingerprint density at radius 3 is 2.88 bits per heavy atom. The van der Waals surface area contributed by atoms with E-state index in [9.17, 15) is 0 Å². The molecular formula is C11H10BrClN4. The van der Waals surface area contributed by atoms with E-state index >= 15 is 0 Å². The van der Waals surface area contributed by atoms with Crippen LogP contribution in [0.3, 0.4) is 0 Å². The number of hydrogen-bond donors (Lipinski definition) is 0. The van der Waals surface area contributed by atoms with Crippen molar-refractivity contribution in [3.63, 3.8) is 0 Å². The zero-order valence-electron chi connectivity index (χ0n) is 9.35. The minimum atomic E-state index is 0.426. The Hall–Kier alpha value is -1.20. The van der Waals surface area contributed by atoms with Crippen LogP contribution in [0.4, 0.5) is 5.82 Å². The molecule has 0 aromatic carbocycles. The molecule has 0 bridgehead atoms. The summed E-state index contributed by atoms with van der Waals surface area (Å²) in [5, 5.41) is 1.35. The van der Waals surface area contributed by atoms with Crippen molar-refractivity contribution in [3.8, 4) is 0 Å². The number of hydrogen-bond acceptors (Lipinski definition) is 3. The van der Waals surface area contributed by atoms with Crippen molar-refractivity contribution in [2.45, 2.75) is 0 Å². The molecule has 2 heterocycles. The Morgan fingerprint density at radius 1 is 1.41 bits per heavy atom. The van der Waals surface area contributed by atoms with Crippen LogP contribution < -0.4 is 0 Å². The largest absolute Gasteiger partial charge is 0.369 e. The van der Waals surface area contributed by atoms with Gasteiger partial charge >= 0.3 is 0 Å². The number of halogens is 2. The monoisotopic (exact) mass is 312 g/mol. The number of pyridine rings is 2. The highest BCUT2D eigenvalue weighted by Gasteiger charge is 2.04. The molecule has 0 aliphatic heterocycles. The van der Waals surface area contributed by atoms with Crippen molar-refractivity contribution >= 4 is 50.6 Å². The quantitative estimate of drug-likeness (QED) is 0.485. The lowest BCUT2D eigenvalue weighted by Gasteiger charge is -2.04. The molecule has 0 atom stereocenters. The number of fused-ring (bicyclic) bond motifs is 1. The maximum Gasteiger partial charge on any atom is 0.168 e. The average molecular weight is 314 g/mol. The minimum Gasteiger partial charge on any atom is -0.369 e. The van der Waals surface area contributed by atoms with Crippen LogP contribution in [0.1, 0.15) is 0 Å². The normalized spacial score (nSPS) is 11.3. The van der Waals surface area contributed by atoms with Gasteiger partial charge in [0.05, 0.1) is 16.3 Å². The first kappa shape index (κ1) is 12.3. The van der Waals surface area contributed by atoms with Gasteiger partial charge in [-0.3, -0.25) is 0 Å². The highest BCUT2D eigenvalue weighted by molar-refractivity contribution is 9.10. The number of aliphatic imine (C=N–C) groups is 1. The van der Waals surface area contributed by atoms with E-state index in [0.29, 0.717) is 11.0 Å². The molecule has 0 spiro atoms. The summed E-state index contributed by atoms with van der Waals surface area (Å²) in [6, 6.07) is 3.64. The molecule has 0 aliphatic rings. The van der Waals surface area contributed by atoms with Crippen molar-refractivity contribution in [3.05, 3.63) is 28.0 Å². The summed E-state index contributed by atoms with van der Waals surface area (Å²) in [4.78, 5) is 14.5. The molecule has 17 heavy (non-hydrogen) atoms. The van der Waals surface area contributed by atoms with Crippen molar-refractivity contribution in [1.82, 2.24) is 14.9 Å². The van der Waals surface area contributed by atoms with Crippen LogP contribution in [-0.2, 0) is 0 Å². The number of aromatic nitrogens is 2. The summed E-state index contributed by atoms with van der Waals surface area (Å²) in [6.07, 6.45) is 3.39. The Balaban J connectivity index is 2.53. The van der Waals surface area contributed by atoms with Crippen molar-refractivity contribution < 1.29 is 0 Å². The molecule has 0 aliphatic carbocycles. The van der Waals surface area contributed by atoms with Gasteiger partial charge in [0.25, 0.3) is 0 Å². The van der Waals surface area contributed by atoms with E-state index < -0.39 is 0 Å². The van der Waals surface area contributed by atoms with E-state index in [1.54, 1.807) is 18.6 Å². The second-order valence-corrected chi connectivity index (χ2v) is 4.94. The topological polar surface area (TPSA) is 41.4 Å². The maximum atomic E-state index is 5.83. The molecule has 0 unspecified atom stereocenters. The molecule has 2 aromatic heterocycles. The minimum absolute atomic E-state index is 0.426. The summed E-state index contributed by atoms with van der Waals surface area (Å²) in [6.45, 7) is 0. The second-order valence-electron chi connectivity index (χ2n) is 3.70. The molecule has 0 N–H and O–H groups in total. The van der Waals surface area contributed by atoms with Crippen LogP contribution in [0.15, 0.2) is 27.8 Å². The van der Waals surface area contributed by atoms with Crippen LogP contribution in [0, 0.1) is 0 Å². The fraction of sp³-hybridized carbons (Fsp3) is 0.182. The van der Waals surface area contributed by atoms with E-state index in [2.05, 4.69) is 30.9 Å². The molecule has 88 valence electrons. The highest BCUT2D eigenvalue weighted by atomic mass is 79.9. The average Bonchev–Trinajstić information content (AvgIpc) is 2.26. The standard InChI is InChI=1S/C11H10BrClN4/c1-17(2)6-15-11-8(12)3-7-5-14-10(13)4-9(7)16-11/h3-6H,1-2H3/b15-6+. The van der Waals surface area contributed by atoms with E-state index in [1.165, 1.54) is 0 Å². The van der Waals surface area contributed by atoms with Gasteiger partial charge in [0.1, 0.15) is 5.15 Å². The van der Waals surface area contributed by atoms with Crippen LogP contribution >= 0.6 is 27.5 Å². The van der Waals surface area contributed by atoms with Gasteiger partial charge in [-0.2, -0.15) is 0 Å². The summed E-state index contributed by atoms with van der Waals surface area (Å²) in [5.41, 5.74) is 0.777. The van der Waals surface area contributed by atoms with Gasteiger partial charge in [0, 0.05) is 31.7 Å². The first-order valence-corrected chi connectivity index (χ1v) is 6.06. The van der Waals surface area contributed by atoms with Gasteiger partial charge in [-0.05, 0) is 22.0 Å². The molecule has 4 nitrogen and oxygen atoms in total. The lowest BCUT2D eigenvalue weighted by atomic mass is 10.3. The van der Waals surface area contributed by atoms with E-state index in [1.807, 2.05) is 25.1 Å². The van der Waals surface area contributed by atoms with Gasteiger partial charge in [0.2, 0.25) is 0 Å². The predicted octanol–water partition coefficient (Wildman–Crippen LogP) is 3.27. The molecular weight excluding hydrogens is 304 g/mol. The Morgan fingerprint density at radius 2 is 2.18 bits per heavy atom. The zero-order chi connectivity index (χ0) is 12.4. The van der Waals surface area contributed by atoms with Crippen molar-refractivity contribution in [2.24, 2.45) is 4.99 Å². The van der Waals surface area contributed by atoms with E-state index in [0.717, 1.165) is 15.4 Å². The number of rotatable bonds is 2. The Labute approximate surface area is 112 Å². The molecule has 6 heteroatoms. The summed E-state index contributed by atoms with van der Waals surface area (Å²) >= 11 is 9.26. The third-order valence-corrected chi connectivity index (χ3v) is 2.80. The SMILES string of the molecule is CN(C)/C=N/c1nc2cc(Cl)ncc2cc1Br. The predicted molar refractivity (Wildman–Crippen MR) is 74.1 cm³/mol. The zero-order valence-corrected chi connectivity index (χ0v) is 11.7. The molecule has 2 rings (SSSR count). The van der Waals surface area contributed by atoms with Gasteiger partial charge < -0.3 is 4.90 Å². The lowest BCUT2D eigenvalue weighted by molar-refractivity contribution is 0.643.